The van der Waals surface area contributed by atoms with Crippen LogP contribution in [0.2, 0.25) is 0 Å². The number of aromatic nitrogens is 2. The van der Waals surface area contributed by atoms with E-state index in [1.807, 2.05) is 4.68 Å². The van der Waals surface area contributed by atoms with Gasteiger partial charge in [0.2, 0.25) is 0 Å². The van der Waals surface area contributed by atoms with E-state index in [0.29, 0.717) is 11.7 Å². The Labute approximate surface area is 125 Å². The van der Waals surface area contributed by atoms with Gasteiger partial charge in [0.1, 0.15) is 15.5 Å². The number of carbonyl (C=O) groups excluding carboxylic acids is 1. The van der Waals surface area contributed by atoms with Crippen molar-refractivity contribution in [1.29, 1.82) is 0 Å². The first-order valence-corrected chi connectivity index (χ1v) is 9.09. The predicted molar refractivity (Wildman–Crippen MR) is 79.8 cm³/mol. The van der Waals surface area contributed by atoms with Crippen molar-refractivity contribution in [2.45, 2.75) is 33.0 Å². The zero-order valence-electron chi connectivity index (χ0n) is 12.7. The van der Waals surface area contributed by atoms with Gasteiger partial charge in [-0.1, -0.05) is 0 Å². The van der Waals surface area contributed by atoms with E-state index in [-0.39, 0.29) is 18.2 Å². The van der Waals surface area contributed by atoms with E-state index < -0.39 is 9.84 Å². The van der Waals surface area contributed by atoms with Crippen LogP contribution in [0.3, 0.4) is 0 Å². The molecule has 1 aliphatic rings. The minimum Gasteiger partial charge on any atom is -0.350 e. The average Bonchev–Trinajstić information content (AvgIpc) is 2.79. The largest absolute Gasteiger partial charge is 0.350 e. The van der Waals surface area contributed by atoms with Gasteiger partial charge in [-0.2, -0.15) is 5.10 Å². The fourth-order valence-electron chi connectivity index (χ4n) is 2.28. The molecule has 0 atom stereocenters. The number of nitrogens with zero attached hydrogens (tertiary/aromatic N) is 3. The lowest BCUT2D eigenvalue weighted by Gasteiger charge is -2.30. The molecule has 0 fully saturated rings. The third-order valence-electron chi connectivity index (χ3n) is 3.55. The molecule has 0 saturated carbocycles. The molecule has 0 unspecified atom stereocenters. The van der Waals surface area contributed by atoms with Gasteiger partial charge in [-0.15, -0.1) is 0 Å². The maximum absolute atomic E-state index is 12.0. The Bertz CT molecular complexity index is 621. The highest BCUT2D eigenvalue weighted by molar-refractivity contribution is 7.90. The van der Waals surface area contributed by atoms with E-state index in [1.54, 1.807) is 6.07 Å². The maximum atomic E-state index is 12.0. The summed E-state index contributed by atoms with van der Waals surface area (Å²) in [4.78, 5) is 14.3. The van der Waals surface area contributed by atoms with Crippen molar-refractivity contribution in [1.82, 2.24) is 20.0 Å². The summed E-state index contributed by atoms with van der Waals surface area (Å²) >= 11 is 0. The minimum absolute atomic E-state index is 0.0621. The second kappa shape index (κ2) is 6.15. The Morgan fingerprint density at radius 2 is 2.14 bits per heavy atom. The van der Waals surface area contributed by atoms with Gasteiger partial charge >= 0.3 is 0 Å². The SMILES string of the molecule is CC(C)N1CCn2nc(C(=O)NCCS(C)(=O)=O)cc2C1. The van der Waals surface area contributed by atoms with Gasteiger partial charge in [-0.3, -0.25) is 14.4 Å². The molecule has 0 aliphatic carbocycles. The molecule has 0 aromatic carbocycles. The zero-order chi connectivity index (χ0) is 15.6. The molecule has 0 spiro atoms. The fraction of sp³-hybridized carbons (Fsp3) is 0.692. The predicted octanol–water partition coefficient (Wildman–Crippen LogP) is -0.118. The Hall–Kier alpha value is -1.41. The highest BCUT2D eigenvalue weighted by atomic mass is 32.2. The summed E-state index contributed by atoms with van der Waals surface area (Å²) in [5.74, 6) is -0.385. The van der Waals surface area contributed by atoms with Crippen LogP contribution in [0.15, 0.2) is 6.07 Å². The van der Waals surface area contributed by atoms with Crippen molar-refractivity contribution in [3.05, 3.63) is 17.5 Å². The fourth-order valence-corrected chi connectivity index (χ4v) is 2.75. The molecule has 1 aromatic heterocycles. The molecule has 0 saturated heterocycles. The first-order valence-electron chi connectivity index (χ1n) is 7.03. The highest BCUT2D eigenvalue weighted by Gasteiger charge is 2.22. The molecule has 2 heterocycles. The summed E-state index contributed by atoms with van der Waals surface area (Å²) in [5, 5.41) is 6.88. The van der Waals surface area contributed by atoms with E-state index in [2.05, 4.69) is 29.2 Å². The number of amides is 1. The maximum Gasteiger partial charge on any atom is 0.271 e. The number of rotatable bonds is 5. The van der Waals surface area contributed by atoms with E-state index in [1.165, 1.54) is 0 Å². The van der Waals surface area contributed by atoms with Gasteiger partial charge < -0.3 is 5.32 Å². The molecule has 21 heavy (non-hydrogen) atoms. The normalized spacial score (nSPS) is 16.0. The van der Waals surface area contributed by atoms with E-state index in [9.17, 15) is 13.2 Å². The summed E-state index contributed by atoms with van der Waals surface area (Å²) < 4.78 is 23.9. The number of carbonyl (C=O) groups is 1. The van der Waals surface area contributed by atoms with Gasteiger partial charge in [0.05, 0.1) is 18.0 Å². The van der Waals surface area contributed by atoms with Crippen molar-refractivity contribution >= 4 is 15.7 Å². The second-order valence-electron chi connectivity index (χ2n) is 5.69. The number of hydrogen-bond donors (Lipinski definition) is 1. The number of nitrogens with one attached hydrogen (secondary N) is 1. The summed E-state index contributed by atoms with van der Waals surface area (Å²) in [5.41, 5.74) is 1.37. The van der Waals surface area contributed by atoms with Crippen molar-refractivity contribution < 1.29 is 13.2 Å². The van der Waals surface area contributed by atoms with E-state index in [0.717, 1.165) is 31.6 Å². The zero-order valence-corrected chi connectivity index (χ0v) is 13.5. The molecule has 2 rings (SSSR count). The molecule has 0 radical (unpaired) electrons. The molecule has 1 aliphatic heterocycles. The van der Waals surface area contributed by atoms with Crippen LogP contribution < -0.4 is 5.32 Å². The molecule has 1 aromatic rings. The Balaban J connectivity index is 1.98. The molecule has 8 heteroatoms. The van der Waals surface area contributed by atoms with Crippen LogP contribution in [-0.2, 0) is 22.9 Å². The summed E-state index contributed by atoms with van der Waals surface area (Å²) in [6.45, 7) is 6.86. The molecule has 1 amide bonds. The van der Waals surface area contributed by atoms with E-state index >= 15 is 0 Å². The van der Waals surface area contributed by atoms with Crippen molar-refractivity contribution in [2.75, 3.05) is 25.1 Å². The highest BCUT2D eigenvalue weighted by Crippen LogP contribution is 2.15. The van der Waals surface area contributed by atoms with Crippen LogP contribution in [0.5, 0.6) is 0 Å². The molecule has 118 valence electrons. The number of fused-ring (bicyclic) bond motifs is 1. The van der Waals surface area contributed by atoms with Gasteiger partial charge in [-0.25, -0.2) is 8.42 Å². The topological polar surface area (TPSA) is 84.3 Å². The van der Waals surface area contributed by atoms with Crippen LogP contribution in [0.25, 0.3) is 0 Å². The Morgan fingerprint density at radius 1 is 1.43 bits per heavy atom. The van der Waals surface area contributed by atoms with Gasteiger partial charge in [0.25, 0.3) is 5.91 Å². The quantitative estimate of drug-likeness (QED) is 0.819. The van der Waals surface area contributed by atoms with Crippen LogP contribution in [0.4, 0.5) is 0 Å². The average molecular weight is 314 g/mol. The summed E-state index contributed by atoms with van der Waals surface area (Å²) in [7, 11) is -3.07. The monoisotopic (exact) mass is 314 g/mol. The lowest BCUT2D eigenvalue weighted by atomic mass is 10.2. The second-order valence-corrected chi connectivity index (χ2v) is 7.95. The third-order valence-corrected chi connectivity index (χ3v) is 4.49. The van der Waals surface area contributed by atoms with Crippen molar-refractivity contribution in [3.63, 3.8) is 0 Å². The Morgan fingerprint density at radius 3 is 2.76 bits per heavy atom. The molecular weight excluding hydrogens is 292 g/mol. The first kappa shape index (κ1) is 16.0. The minimum atomic E-state index is -3.07. The van der Waals surface area contributed by atoms with Crippen molar-refractivity contribution in [3.8, 4) is 0 Å². The summed E-state index contributed by atoms with van der Waals surface area (Å²) in [6, 6.07) is 2.24. The first-order chi connectivity index (χ1) is 9.76. The van der Waals surface area contributed by atoms with Crippen LogP contribution in [-0.4, -0.2) is 60.1 Å². The van der Waals surface area contributed by atoms with Gasteiger partial charge in [-0.05, 0) is 19.9 Å². The lowest BCUT2D eigenvalue weighted by molar-refractivity contribution is 0.0950. The standard InChI is InChI=1S/C13H22N4O3S/c1-10(2)16-5-6-17-11(9-16)8-12(15-17)13(18)14-4-7-21(3,19)20/h8,10H,4-7,9H2,1-3H3,(H,14,18). The van der Waals surface area contributed by atoms with Crippen molar-refractivity contribution in [2.24, 2.45) is 0 Å². The smallest absolute Gasteiger partial charge is 0.271 e. The third kappa shape index (κ3) is 4.28. The van der Waals surface area contributed by atoms with Gasteiger partial charge in [0.15, 0.2) is 0 Å². The molecule has 7 nitrogen and oxygen atoms in total. The molecule has 0 bridgehead atoms. The summed E-state index contributed by atoms with van der Waals surface area (Å²) in [6.07, 6.45) is 1.15. The number of sulfone groups is 1. The molecule has 1 N–H and O–H groups in total. The molecular formula is C13H22N4O3S. The van der Waals surface area contributed by atoms with Crippen LogP contribution in [0.1, 0.15) is 30.0 Å². The van der Waals surface area contributed by atoms with Gasteiger partial charge in [0, 0.05) is 31.9 Å². The number of hydrogen-bond acceptors (Lipinski definition) is 5. The van der Waals surface area contributed by atoms with E-state index in [4.69, 9.17) is 0 Å². The van der Waals surface area contributed by atoms with Crippen LogP contribution in [0, 0.1) is 0 Å². The van der Waals surface area contributed by atoms with Crippen LogP contribution >= 0.6 is 0 Å². The Kier molecular flexibility index (Phi) is 4.67. The lowest BCUT2D eigenvalue weighted by Crippen LogP contribution is -2.38.